The van der Waals surface area contributed by atoms with Crippen molar-refractivity contribution in [3.8, 4) is 11.5 Å². The summed E-state index contributed by atoms with van der Waals surface area (Å²) in [6, 6.07) is 5.74. The van der Waals surface area contributed by atoms with Crippen molar-refractivity contribution in [1.29, 1.82) is 0 Å². The van der Waals surface area contributed by atoms with Gasteiger partial charge in [-0.3, -0.25) is 4.79 Å². The van der Waals surface area contributed by atoms with E-state index in [0.717, 1.165) is 12.1 Å². The highest BCUT2D eigenvalue weighted by atomic mass is 19.3. The number of amides is 1. The molecule has 1 atom stereocenters. The Morgan fingerprint density at radius 3 is 2.44 bits per heavy atom. The van der Waals surface area contributed by atoms with E-state index >= 15 is 0 Å². The average Bonchev–Trinajstić information content (AvgIpc) is 3.10. The molecule has 0 bridgehead atoms. The van der Waals surface area contributed by atoms with Crippen LogP contribution < -0.4 is 9.47 Å². The molecule has 10 heteroatoms. The molecule has 0 aliphatic heterocycles. The second-order valence-corrected chi connectivity index (χ2v) is 7.65. The van der Waals surface area contributed by atoms with E-state index in [0.29, 0.717) is 11.1 Å². The van der Waals surface area contributed by atoms with Gasteiger partial charge in [0.1, 0.15) is 6.04 Å². The summed E-state index contributed by atoms with van der Waals surface area (Å²) in [4.78, 5) is 18.8. The molecule has 6 nitrogen and oxygen atoms in total. The Morgan fingerprint density at radius 1 is 1.12 bits per heavy atom. The van der Waals surface area contributed by atoms with Gasteiger partial charge in [-0.05, 0) is 23.6 Å². The largest absolute Gasteiger partial charge is 0.493 e. The van der Waals surface area contributed by atoms with E-state index < -0.39 is 24.3 Å². The van der Waals surface area contributed by atoms with E-state index in [9.17, 15) is 22.4 Å². The molecule has 3 rings (SSSR count). The van der Waals surface area contributed by atoms with Crippen molar-refractivity contribution in [2.24, 2.45) is 5.92 Å². The number of fused-ring (bicyclic) bond motifs is 1. The zero-order valence-corrected chi connectivity index (χ0v) is 18.0. The lowest BCUT2D eigenvalue weighted by Crippen LogP contribution is -2.36. The van der Waals surface area contributed by atoms with Crippen LogP contribution in [0.15, 0.2) is 36.7 Å². The Hall–Kier alpha value is -3.30. The molecule has 1 amide bonds. The van der Waals surface area contributed by atoms with Crippen LogP contribution in [0, 0.1) is 17.6 Å². The quantitative estimate of drug-likeness (QED) is 0.461. The summed E-state index contributed by atoms with van der Waals surface area (Å²) in [5.41, 5.74) is 1.07. The first kappa shape index (κ1) is 23.4. The van der Waals surface area contributed by atoms with Crippen molar-refractivity contribution in [1.82, 2.24) is 14.5 Å². The molecule has 1 unspecified atom stereocenters. The number of hydrogen-bond acceptors (Lipinski definition) is 4. The van der Waals surface area contributed by atoms with Gasteiger partial charge in [-0.25, -0.2) is 13.8 Å². The maximum absolute atomic E-state index is 13.8. The molecule has 0 N–H and O–H groups in total. The van der Waals surface area contributed by atoms with Crippen LogP contribution in [0.1, 0.15) is 25.5 Å². The Balaban J connectivity index is 1.88. The number of alkyl halides is 2. The third kappa shape index (κ3) is 4.79. The fraction of sp³-hybridized carbons (Fsp3) is 0.364. The molecule has 32 heavy (non-hydrogen) atoms. The second-order valence-electron chi connectivity index (χ2n) is 7.65. The van der Waals surface area contributed by atoms with Crippen LogP contribution in [-0.2, 0) is 11.3 Å². The predicted molar refractivity (Wildman–Crippen MR) is 110 cm³/mol. The van der Waals surface area contributed by atoms with Crippen molar-refractivity contribution in [2.45, 2.75) is 33.0 Å². The summed E-state index contributed by atoms with van der Waals surface area (Å²) in [6.45, 7) is 0.721. The highest BCUT2D eigenvalue weighted by Crippen LogP contribution is 2.31. The normalized spacial score (nSPS) is 12.4. The smallest absolute Gasteiger partial charge is 0.387 e. The van der Waals surface area contributed by atoms with Gasteiger partial charge in [-0.2, -0.15) is 8.78 Å². The van der Waals surface area contributed by atoms with Crippen LogP contribution >= 0.6 is 0 Å². The summed E-state index contributed by atoms with van der Waals surface area (Å²) < 4.78 is 63.8. The van der Waals surface area contributed by atoms with Gasteiger partial charge < -0.3 is 18.9 Å². The Bertz CT molecular complexity index is 1120. The molecule has 0 saturated carbocycles. The zero-order chi connectivity index (χ0) is 23.6. The van der Waals surface area contributed by atoms with Gasteiger partial charge in [0.15, 0.2) is 23.1 Å². The summed E-state index contributed by atoms with van der Waals surface area (Å²) in [5, 5.41) is 0. The zero-order valence-electron chi connectivity index (χ0n) is 18.0. The molecular formula is C22H23F4N3O3. The number of ether oxygens (including phenoxy) is 2. The van der Waals surface area contributed by atoms with E-state index in [1.165, 1.54) is 35.0 Å². The Kier molecular flexibility index (Phi) is 6.90. The molecule has 172 valence electrons. The van der Waals surface area contributed by atoms with Crippen molar-refractivity contribution in [2.75, 3.05) is 14.2 Å². The first-order valence-corrected chi connectivity index (χ1v) is 9.80. The van der Waals surface area contributed by atoms with Gasteiger partial charge in [0, 0.05) is 25.7 Å². The van der Waals surface area contributed by atoms with E-state index in [-0.39, 0.29) is 35.4 Å². The summed E-state index contributed by atoms with van der Waals surface area (Å²) in [5.74, 6) is -2.57. The second kappa shape index (κ2) is 9.46. The fourth-order valence-corrected chi connectivity index (χ4v) is 3.55. The third-order valence-electron chi connectivity index (χ3n) is 5.04. The number of methoxy groups -OCH3 is 1. The Morgan fingerprint density at radius 2 is 1.81 bits per heavy atom. The first-order chi connectivity index (χ1) is 15.1. The van der Waals surface area contributed by atoms with Crippen molar-refractivity contribution < 1.29 is 31.8 Å². The van der Waals surface area contributed by atoms with Gasteiger partial charge in [0.2, 0.25) is 5.91 Å². The third-order valence-corrected chi connectivity index (χ3v) is 5.04. The van der Waals surface area contributed by atoms with Crippen molar-refractivity contribution >= 4 is 16.9 Å². The maximum Gasteiger partial charge on any atom is 0.387 e. The number of carbonyl (C=O) groups excluding carboxylic acids is 1. The maximum atomic E-state index is 13.8. The molecule has 3 aromatic rings. The molecule has 0 radical (unpaired) electrons. The highest BCUT2D eigenvalue weighted by molar-refractivity contribution is 5.84. The standard InChI is InChI=1S/C22H23F4N3O3/c1-12(2)20(29-11-27-16-8-14(23)15(24)9-17(16)29)21(30)28(3)10-13-5-6-18(31-4)19(7-13)32-22(25)26/h5-9,11-12,20,22H,10H2,1-4H3. The fourth-order valence-electron chi connectivity index (χ4n) is 3.55. The molecule has 0 spiro atoms. The molecule has 0 aliphatic carbocycles. The predicted octanol–water partition coefficient (Wildman–Crippen LogP) is 4.78. The molecular weight excluding hydrogens is 430 g/mol. The molecule has 1 aromatic heterocycles. The molecule has 2 aromatic carbocycles. The molecule has 0 aliphatic rings. The number of benzene rings is 2. The number of aromatic nitrogens is 2. The number of imidazole rings is 1. The van der Waals surface area contributed by atoms with Gasteiger partial charge >= 0.3 is 6.61 Å². The summed E-state index contributed by atoms with van der Waals surface area (Å²) in [6.07, 6.45) is 1.38. The minimum atomic E-state index is -3.02. The monoisotopic (exact) mass is 453 g/mol. The van der Waals surface area contributed by atoms with E-state index in [1.54, 1.807) is 13.1 Å². The van der Waals surface area contributed by atoms with Crippen LogP contribution in [-0.4, -0.2) is 41.1 Å². The summed E-state index contributed by atoms with van der Waals surface area (Å²) in [7, 11) is 2.90. The van der Waals surface area contributed by atoms with E-state index in [1.807, 2.05) is 13.8 Å². The van der Waals surface area contributed by atoms with Crippen LogP contribution in [0.4, 0.5) is 17.6 Å². The van der Waals surface area contributed by atoms with Gasteiger partial charge in [0.05, 0.1) is 24.5 Å². The minimum absolute atomic E-state index is 0.0985. The SMILES string of the molecule is COc1ccc(CN(C)C(=O)C(C(C)C)n2cnc3cc(F)c(F)cc32)cc1OC(F)F. The van der Waals surface area contributed by atoms with Crippen LogP contribution in [0.25, 0.3) is 11.0 Å². The van der Waals surface area contributed by atoms with E-state index in [4.69, 9.17) is 4.74 Å². The first-order valence-electron chi connectivity index (χ1n) is 9.80. The number of rotatable bonds is 8. The molecule has 0 saturated heterocycles. The van der Waals surface area contributed by atoms with Gasteiger partial charge in [-0.15, -0.1) is 0 Å². The van der Waals surface area contributed by atoms with E-state index in [2.05, 4.69) is 9.72 Å². The van der Waals surface area contributed by atoms with Crippen molar-refractivity contribution in [3.63, 3.8) is 0 Å². The van der Waals surface area contributed by atoms with Crippen LogP contribution in [0.5, 0.6) is 11.5 Å². The number of hydrogen-bond donors (Lipinski definition) is 0. The number of nitrogens with zero attached hydrogens (tertiary/aromatic N) is 3. The summed E-state index contributed by atoms with van der Waals surface area (Å²) >= 11 is 0. The highest BCUT2D eigenvalue weighted by Gasteiger charge is 2.29. The van der Waals surface area contributed by atoms with Crippen LogP contribution in [0.3, 0.4) is 0 Å². The van der Waals surface area contributed by atoms with Crippen molar-refractivity contribution in [3.05, 3.63) is 53.9 Å². The number of likely N-dealkylation sites (N-methyl/N-ethyl adjacent to an activating group) is 1. The Labute approximate surface area is 182 Å². The number of carbonyl (C=O) groups is 1. The average molecular weight is 453 g/mol. The van der Waals surface area contributed by atoms with Gasteiger partial charge in [-0.1, -0.05) is 19.9 Å². The lowest BCUT2D eigenvalue weighted by atomic mass is 10.0. The topological polar surface area (TPSA) is 56.6 Å². The molecule has 1 heterocycles. The number of halogens is 4. The van der Waals surface area contributed by atoms with Crippen LogP contribution in [0.2, 0.25) is 0 Å². The minimum Gasteiger partial charge on any atom is -0.493 e. The van der Waals surface area contributed by atoms with Gasteiger partial charge in [0.25, 0.3) is 0 Å². The lowest BCUT2D eigenvalue weighted by molar-refractivity contribution is -0.135. The lowest BCUT2D eigenvalue weighted by Gasteiger charge is -2.28. The molecule has 0 fully saturated rings.